The number of likely N-dealkylation sites (N-methyl/N-ethyl adjacent to an activating group) is 2. The van der Waals surface area contributed by atoms with Crippen LogP contribution in [-0.4, -0.2) is 176 Å². The molecule has 0 bridgehead atoms. The van der Waals surface area contributed by atoms with Gasteiger partial charge in [0.1, 0.15) is 35.4 Å². The van der Waals surface area contributed by atoms with Crippen LogP contribution in [0, 0.1) is 23.7 Å². The summed E-state index contributed by atoms with van der Waals surface area (Å²) >= 11 is 1.13. The van der Waals surface area contributed by atoms with E-state index in [1.165, 1.54) is 20.8 Å². The van der Waals surface area contributed by atoms with E-state index >= 15 is 0 Å². The molecule has 9 amide bonds. The Labute approximate surface area is 553 Å². The van der Waals surface area contributed by atoms with E-state index in [1.807, 2.05) is 77.2 Å². The quantitative estimate of drug-likeness (QED) is 0.0192. The Kier molecular flexibility index (Phi) is 28.0. The van der Waals surface area contributed by atoms with Crippen molar-refractivity contribution in [1.82, 2.24) is 41.4 Å². The molecule has 27 heteroatoms. The first kappa shape index (κ1) is 76.1. The molecule has 26 nitrogen and oxygen atoms in total. The summed E-state index contributed by atoms with van der Waals surface area (Å²) in [6.45, 7) is 18.5. The number of aliphatic carboxylic acids is 2. The molecule has 2 aromatic carbocycles. The Morgan fingerprint density at radius 1 is 0.809 bits per heavy atom. The molecule has 0 saturated carbocycles. The van der Waals surface area contributed by atoms with Crippen molar-refractivity contribution in [2.24, 2.45) is 23.7 Å². The van der Waals surface area contributed by atoms with Crippen molar-refractivity contribution in [3.05, 3.63) is 94.0 Å². The number of nitrogens with one attached hydrogen (secondary N) is 6. The van der Waals surface area contributed by atoms with Crippen LogP contribution in [0.25, 0.3) is 0 Å². The summed E-state index contributed by atoms with van der Waals surface area (Å²) in [5.74, 6) is -9.52. The number of piperidine rings is 1. The molecular weight excluding hydrogens is 1230 g/mol. The number of carbonyl (C=O) groups excluding carboxylic acids is 10. The zero-order valence-corrected chi connectivity index (χ0v) is 57.0. The van der Waals surface area contributed by atoms with Gasteiger partial charge in [-0.25, -0.2) is 9.78 Å². The third-order valence-electron chi connectivity index (χ3n) is 17.3. The molecule has 0 spiro atoms. The number of thiazole rings is 1. The number of hydrogen-bond acceptors (Lipinski definition) is 16. The number of amides is 9. The third-order valence-corrected chi connectivity index (χ3v) is 18.3. The molecule has 2 aliphatic rings. The second kappa shape index (κ2) is 34.5. The minimum Gasteiger partial charge on any atom is -0.481 e. The molecule has 3 aromatic rings. The Morgan fingerprint density at radius 3 is 2.04 bits per heavy atom. The number of esters is 1. The van der Waals surface area contributed by atoms with Gasteiger partial charge < -0.3 is 61.0 Å². The Bertz CT molecular complexity index is 3210. The molecule has 1 aromatic heterocycles. The molecule has 0 radical (unpaired) electrons. The summed E-state index contributed by atoms with van der Waals surface area (Å²) in [5.41, 5.74) is 0.344. The van der Waals surface area contributed by atoms with Gasteiger partial charge in [0.2, 0.25) is 17.7 Å². The van der Waals surface area contributed by atoms with Gasteiger partial charge in [0.25, 0.3) is 29.5 Å². The third kappa shape index (κ3) is 21.7. The standard InChI is InChI=1S/C67H94N10O16S/c1-14-40(6)57(63(87)75(12)49(38(2)3)34-52(92-43(9)78)62-72-48(37-94-62)58(83)70-47(32-41(7)64(88)89)33-44-20-16-15-17-21-44)74-60(85)51-22-18-19-31-77(51,13)36-45-24-26-46(27-25-45)71-65(90)67(10,11)93-66(91)68-35-50(76-53(79)28-29-54(76)80)59(84)73-56(39(4)5)61(86)69-42(8)23-30-55(81)82/h15-17,20-21,24-29,37-42,47,49-52,56-57H,14,18-19,22-23,30-36H2,1-13H3,(H7-,68,69,70,71,73,74,81,82,83,84,85,86,88,89,90,91)/p+1/t40-,41-,42-,47+,49+,50-,51+,52+,56-,57-,77?/m0/s1. The Morgan fingerprint density at radius 2 is 1.46 bits per heavy atom. The molecule has 11 atom stereocenters. The van der Waals surface area contributed by atoms with Crippen LogP contribution in [0.2, 0.25) is 0 Å². The number of quaternary nitrogens is 1. The van der Waals surface area contributed by atoms with Crippen LogP contribution in [0.4, 0.5) is 10.5 Å². The number of carboxylic acids is 2. The predicted octanol–water partition coefficient (Wildman–Crippen LogP) is 6.05. The van der Waals surface area contributed by atoms with Gasteiger partial charge in [0.15, 0.2) is 17.7 Å². The molecule has 1 unspecified atom stereocenters. The van der Waals surface area contributed by atoms with Gasteiger partial charge in [-0.15, -0.1) is 11.3 Å². The van der Waals surface area contributed by atoms with Gasteiger partial charge in [-0.1, -0.05) is 97.4 Å². The van der Waals surface area contributed by atoms with Gasteiger partial charge in [-0.3, -0.25) is 57.6 Å². The van der Waals surface area contributed by atoms with E-state index in [0.717, 1.165) is 47.5 Å². The monoisotopic (exact) mass is 1330 g/mol. The van der Waals surface area contributed by atoms with Gasteiger partial charge in [-0.05, 0) is 88.3 Å². The summed E-state index contributed by atoms with van der Waals surface area (Å²) < 4.78 is 11.7. The number of nitrogens with zero attached hydrogens (tertiary/aromatic N) is 4. The van der Waals surface area contributed by atoms with Crippen molar-refractivity contribution >= 4 is 88.3 Å². The lowest BCUT2D eigenvalue weighted by atomic mass is 9.92. The summed E-state index contributed by atoms with van der Waals surface area (Å²) in [7, 11) is 3.67. The number of rotatable bonds is 34. The number of carbonyl (C=O) groups is 12. The fourth-order valence-corrected chi connectivity index (χ4v) is 12.4. The highest BCUT2D eigenvalue weighted by Gasteiger charge is 2.45. The fourth-order valence-electron chi connectivity index (χ4n) is 11.5. The number of anilines is 1. The van der Waals surface area contributed by atoms with Gasteiger partial charge in [-0.2, -0.15) is 0 Å². The summed E-state index contributed by atoms with van der Waals surface area (Å²) in [6.07, 6.45) is 3.09. The van der Waals surface area contributed by atoms with Crippen LogP contribution in [0.15, 0.2) is 72.1 Å². The van der Waals surface area contributed by atoms with E-state index in [-0.39, 0.29) is 55.0 Å². The molecule has 5 rings (SSSR count). The molecular formula is C67H95N10O16S+. The lowest BCUT2D eigenvalue weighted by Crippen LogP contribution is -2.63. The van der Waals surface area contributed by atoms with Crippen LogP contribution in [0.1, 0.15) is 160 Å². The number of likely N-dealkylation sites (tertiary alicyclic amines) is 1. The lowest BCUT2D eigenvalue weighted by molar-refractivity contribution is -0.942. The Balaban J connectivity index is 1.23. The second-order valence-electron chi connectivity index (χ2n) is 26.1. The van der Waals surface area contributed by atoms with Crippen molar-refractivity contribution in [1.29, 1.82) is 0 Å². The zero-order valence-electron chi connectivity index (χ0n) is 56.1. The van der Waals surface area contributed by atoms with Crippen LogP contribution in [0.3, 0.4) is 0 Å². The number of aromatic nitrogens is 1. The topological polar surface area (TPSA) is 355 Å². The Hall–Kier alpha value is -8.59. The molecule has 0 aliphatic carbocycles. The highest BCUT2D eigenvalue weighted by molar-refractivity contribution is 7.09. The lowest BCUT2D eigenvalue weighted by Gasteiger charge is -2.44. The number of imide groups is 1. The number of carboxylic acid groups (broad SMARTS) is 2. The second-order valence-corrected chi connectivity index (χ2v) is 27.0. The van der Waals surface area contributed by atoms with Gasteiger partial charge >= 0.3 is 24.0 Å². The number of benzene rings is 2. The van der Waals surface area contributed by atoms with E-state index in [0.29, 0.717) is 52.4 Å². The largest absolute Gasteiger partial charge is 0.481 e. The van der Waals surface area contributed by atoms with Crippen molar-refractivity contribution < 1.29 is 81.7 Å². The molecule has 94 heavy (non-hydrogen) atoms. The summed E-state index contributed by atoms with van der Waals surface area (Å²) in [6, 6.07) is 10.4. The molecule has 1 fully saturated rings. The maximum Gasteiger partial charge on any atom is 0.408 e. The molecule has 1 saturated heterocycles. The van der Waals surface area contributed by atoms with Crippen molar-refractivity contribution in [2.45, 2.75) is 194 Å². The minimum absolute atomic E-state index is 0.0656. The van der Waals surface area contributed by atoms with E-state index < -0.39 is 132 Å². The van der Waals surface area contributed by atoms with Crippen LogP contribution in [-0.2, 0) is 70.4 Å². The first-order valence-corrected chi connectivity index (χ1v) is 32.9. The van der Waals surface area contributed by atoms with Crippen LogP contribution in [0.5, 0.6) is 0 Å². The maximum atomic E-state index is 14.9. The van der Waals surface area contributed by atoms with E-state index in [1.54, 1.807) is 57.2 Å². The fraction of sp³-hybridized carbons (Fsp3) is 0.567. The highest BCUT2D eigenvalue weighted by Crippen LogP contribution is 2.33. The number of alkyl carbamates (subject to hydrolysis) is 1. The average molecular weight is 1330 g/mol. The summed E-state index contributed by atoms with van der Waals surface area (Å²) in [4.78, 5) is 166. The van der Waals surface area contributed by atoms with Gasteiger partial charge in [0, 0.05) is 80.1 Å². The number of ether oxygens (including phenoxy) is 2. The molecule has 514 valence electrons. The zero-order chi connectivity index (χ0) is 69.9. The molecule has 3 heterocycles. The van der Waals surface area contributed by atoms with Crippen LogP contribution >= 0.6 is 11.3 Å². The normalized spacial score (nSPS) is 18.5. The van der Waals surface area contributed by atoms with Crippen LogP contribution < -0.4 is 31.9 Å². The maximum absolute atomic E-state index is 14.9. The van der Waals surface area contributed by atoms with E-state index in [2.05, 4.69) is 36.9 Å². The minimum atomic E-state index is -1.83. The highest BCUT2D eigenvalue weighted by atomic mass is 32.1. The molecule has 2 aliphatic heterocycles. The summed E-state index contributed by atoms with van der Waals surface area (Å²) in [5, 5.41) is 37.1. The first-order valence-electron chi connectivity index (χ1n) is 32.0. The van der Waals surface area contributed by atoms with E-state index in [9.17, 15) is 62.6 Å². The average Bonchev–Trinajstić information content (AvgIpc) is 0.876. The SMILES string of the molecule is CC[C@H](C)[C@H](NC(=O)[C@H]1CCCC[N+]1(C)Cc1ccc(NC(=O)C(C)(C)OC(=O)NC[C@@H](C(=O)N[C@H](C(=O)N[C@@H](C)CCC(=O)O)C(C)C)N2C(=O)C=CC2=O)cc1)C(=O)N(C)[C@H](C[C@@H](OC(C)=O)c1nc(C(=O)N[C@@H](Cc2ccccc2)C[C@H](C)C(=O)O)cs1)C(C)C. The molecule has 8 N–H and O–H groups in total. The van der Waals surface area contributed by atoms with Gasteiger partial charge in [0.05, 0.1) is 26.1 Å². The van der Waals surface area contributed by atoms with E-state index in [4.69, 9.17) is 14.6 Å². The van der Waals surface area contributed by atoms with Crippen molar-refractivity contribution in [2.75, 3.05) is 32.5 Å². The first-order chi connectivity index (χ1) is 44.1. The smallest absolute Gasteiger partial charge is 0.408 e. The van der Waals surface area contributed by atoms with Crippen molar-refractivity contribution in [3.63, 3.8) is 0 Å². The predicted molar refractivity (Wildman–Crippen MR) is 349 cm³/mol. The number of hydrogen-bond donors (Lipinski definition) is 8. The van der Waals surface area contributed by atoms with Crippen molar-refractivity contribution in [3.8, 4) is 0 Å².